The SMILES string of the molecule is Cc1nn(Cc2ccccc2Cl)c(C)c1/C=C/C(=O)N(C)C1CCNCC1.Cl. The first-order valence-electron chi connectivity index (χ1n) is 9.40. The standard InChI is InChI=1S/C21H27ClN4O.ClH/c1-15-19(8-9-21(27)25(3)18-10-12-23-13-11-18)16(2)26(24-15)14-17-6-4-5-7-20(17)22;/h4-9,18,23H,10-14H2,1-3H3;1H/b9-8+;. The molecular weight excluding hydrogens is 395 g/mol. The number of hydrogen-bond donors (Lipinski definition) is 1. The van der Waals surface area contributed by atoms with E-state index >= 15 is 0 Å². The Labute approximate surface area is 178 Å². The minimum absolute atomic E-state index is 0. The van der Waals surface area contributed by atoms with Gasteiger partial charge >= 0.3 is 0 Å². The molecule has 1 N–H and O–H groups in total. The van der Waals surface area contributed by atoms with Gasteiger partial charge in [-0.05, 0) is 57.5 Å². The van der Waals surface area contributed by atoms with Gasteiger partial charge in [0, 0.05) is 35.4 Å². The summed E-state index contributed by atoms with van der Waals surface area (Å²) in [7, 11) is 1.89. The zero-order valence-corrected chi connectivity index (χ0v) is 18.2. The second-order valence-electron chi connectivity index (χ2n) is 7.10. The third-order valence-electron chi connectivity index (χ3n) is 5.31. The van der Waals surface area contributed by atoms with Gasteiger partial charge in [0.1, 0.15) is 0 Å². The van der Waals surface area contributed by atoms with Gasteiger partial charge in [-0.2, -0.15) is 5.10 Å². The Balaban J connectivity index is 0.00000280. The van der Waals surface area contributed by atoms with Crippen LogP contribution in [0.5, 0.6) is 0 Å². The third-order valence-corrected chi connectivity index (χ3v) is 5.68. The van der Waals surface area contributed by atoms with E-state index in [1.165, 1.54) is 0 Å². The summed E-state index contributed by atoms with van der Waals surface area (Å²) in [6, 6.07) is 8.10. The van der Waals surface area contributed by atoms with Crippen LogP contribution in [0.1, 0.15) is 35.4 Å². The van der Waals surface area contributed by atoms with E-state index in [9.17, 15) is 4.79 Å². The Bertz CT molecular complexity index is 841. The summed E-state index contributed by atoms with van der Waals surface area (Å²) in [4.78, 5) is 14.4. The van der Waals surface area contributed by atoms with Crippen molar-refractivity contribution in [2.75, 3.05) is 20.1 Å². The van der Waals surface area contributed by atoms with Crippen LogP contribution in [0.25, 0.3) is 6.08 Å². The first-order valence-corrected chi connectivity index (χ1v) is 9.78. The van der Waals surface area contributed by atoms with Crippen molar-refractivity contribution in [3.05, 3.63) is 57.9 Å². The topological polar surface area (TPSA) is 50.2 Å². The van der Waals surface area contributed by atoms with Crippen LogP contribution in [0.2, 0.25) is 5.02 Å². The highest BCUT2D eigenvalue weighted by Crippen LogP contribution is 2.20. The number of aryl methyl sites for hydroxylation is 1. The fourth-order valence-electron chi connectivity index (χ4n) is 3.54. The van der Waals surface area contributed by atoms with E-state index in [1.807, 2.05) is 60.8 Å². The van der Waals surface area contributed by atoms with Crippen molar-refractivity contribution in [2.45, 2.75) is 39.3 Å². The number of rotatable bonds is 5. The highest BCUT2D eigenvalue weighted by molar-refractivity contribution is 6.31. The van der Waals surface area contributed by atoms with Crippen molar-refractivity contribution in [3.8, 4) is 0 Å². The second-order valence-corrected chi connectivity index (χ2v) is 7.50. The van der Waals surface area contributed by atoms with E-state index in [1.54, 1.807) is 6.08 Å². The third kappa shape index (κ3) is 5.16. The molecule has 0 unspecified atom stereocenters. The Morgan fingerprint density at radius 3 is 2.68 bits per heavy atom. The number of nitrogens with zero attached hydrogens (tertiary/aromatic N) is 3. The molecule has 1 aliphatic rings. The van der Waals surface area contributed by atoms with Crippen LogP contribution >= 0.6 is 24.0 Å². The maximum atomic E-state index is 12.6. The van der Waals surface area contributed by atoms with E-state index < -0.39 is 0 Å². The lowest BCUT2D eigenvalue weighted by Crippen LogP contribution is -2.43. The van der Waals surface area contributed by atoms with Crippen molar-refractivity contribution in [1.29, 1.82) is 0 Å². The first kappa shape index (κ1) is 22.5. The van der Waals surface area contributed by atoms with Crippen molar-refractivity contribution >= 4 is 36.0 Å². The highest BCUT2D eigenvalue weighted by Gasteiger charge is 2.20. The summed E-state index contributed by atoms with van der Waals surface area (Å²) in [6.07, 6.45) is 5.56. The maximum Gasteiger partial charge on any atom is 0.246 e. The van der Waals surface area contributed by atoms with E-state index in [2.05, 4.69) is 10.4 Å². The predicted molar refractivity (Wildman–Crippen MR) is 117 cm³/mol. The lowest BCUT2D eigenvalue weighted by atomic mass is 10.1. The molecule has 0 atom stereocenters. The van der Waals surface area contributed by atoms with Crippen molar-refractivity contribution in [1.82, 2.24) is 20.0 Å². The number of nitrogens with one attached hydrogen (secondary N) is 1. The number of carbonyl (C=O) groups excluding carboxylic acids is 1. The Morgan fingerprint density at radius 1 is 1.32 bits per heavy atom. The van der Waals surface area contributed by atoms with Crippen LogP contribution in [-0.2, 0) is 11.3 Å². The summed E-state index contributed by atoms with van der Waals surface area (Å²) in [5.74, 6) is 0.0413. The van der Waals surface area contributed by atoms with Gasteiger partial charge in [-0.15, -0.1) is 12.4 Å². The number of benzene rings is 1. The number of piperidine rings is 1. The van der Waals surface area contributed by atoms with Crippen molar-refractivity contribution in [3.63, 3.8) is 0 Å². The molecule has 0 bridgehead atoms. The van der Waals surface area contributed by atoms with E-state index in [-0.39, 0.29) is 18.3 Å². The number of carbonyl (C=O) groups is 1. The molecule has 0 spiro atoms. The number of hydrogen-bond acceptors (Lipinski definition) is 3. The van der Waals surface area contributed by atoms with Gasteiger partial charge in [0.2, 0.25) is 5.91 Å². The van der Waals surface area contributed by atoms with Gasteiger partial charge in [0.05, 0.1) is 12.2 Å². The Kier molecular flexibility index (Phi) is 8.10. The van der Waals surface area contributed by atoms with E-state index in [4.69, 9.17) is 11.6 Å². The van der Waals surface area contributed by atoms with Gasteiger partial charge in [0.15, 0.2) is 0 Å². The minimum atomic E-state index is 0. The molecule has 1 saturated heterocycles. The molecule has 1 aliphatic heterocycles. The minimum Gasteiger partial charge on any atom is -0.339 e. The highest BCUT2D eigenvalue weighted by atomic mass is 35.5. The quantitative estimate of drug-likeness (QED) is 0.744. The average molecular weight is 423 g/mol. The average Bonchev–Trinajstić information content (AvgIpc) is 2.94. The molecule has 3 rings (SSSR count). The Morgan fingerprint density at radius 2 is 2.00 bits per heavy atom. The molecule has 1 amide bonds. The van der Waals surface area contributed by atoms with E-state index in [0.717, 1.165) is 53.5 Å². The molecule has 1 aromatic carbocycles. The number of aromatic nitrogens is 2. The summed E-state index contributed by atoms with van der Waals surface area (Å²) < 4.78 is 1.94. The smallest absolute Gasteiger partial charge is 0.246 e. The summed E-state index contributed by atoms with van der Waals surface area (Å²) in [5.41, 5.74) is 3.96. The van der Waals surface area contributed by atoms with E-state index in [0.29, 0.717) is 12.6 Å². The van der Waals surface area contributed by atoms with Crippen LogP contribution in [0.15, 0.2) is 30.3 Å². The fourth-order valence-corrected chi connectivity index (χ4v) is 3.74. The van der Waals surface area contributed by atoms with Crippen LogP contribution in [-0.4, -0.2) is 46.8 Å². The molecule has 152 valence electrons. The lowest BCUT2D eigenvalue weighted by Gasteiger charge is -2.30. The summed E-state index contributed by atoms with van der Waals surface area (Å²) in [5, 5.41) is 8.70. The molecule has 28 heavy (non-hydrogen) atoms. The zero-order chi connectivity index (χ0) is 19.4. The largest absolute Gasteiger partial charge is 0.339 e. The molecule has 0 aliphatic carbocycles. The first-order chi connectivity index (χ1) is 13.0. The second kappa shape index (κ2) is 10.1. The molecule has 1 fully saturated rings. The van der Waals surface area contributed by atoms with Gasteiger partial charge in [-0.1, -0.05) is 29.8 Å². The molecule has 1 aromatic heterocycles. The molecule has 0 saturated carbocycles. The molecule has 5 nitrogen and oxygen atoms in total. The normalized spacial score (nSPS) is 14.9. The van der Waals surface area contributed by atoms with Crippen LogP contribution in [0.4, 0.5) is 0 Å². The maximum absolute atomic E-state index is 12.6. The van der Waals surface area contributed by atoms with Crippen LogP contribution < -0.4 is 5.32 Å². The van der Waals surface area contributed by atoms with Gasteiger partial charge in [-0.3, -0.25) is 9.48 Å². The monoisotopic (exact) mass is 422 g/mol. The Hall–Kier alpha value is -1.82. The van der Waals surface area contributed by atoms with Crippen LogP contribution in [0, 0.1) is 13.8 Å². The fraction of sp³-hybridized carbons (Fsp3) is 0.429. The van der Waals surface area contributed by atoms with Gasteiger partial charge in [-0.25, -0.2) is 0 Å². The molecule has 7 heteroatoms. The van der Waals surface area contributed by atoms with Gasteiger partial charge in [0.25, 0.3) is 0 Å². The summed E-state index contributed by atoms with van der Waals surface area (Å²) in [6.45, 7) is 6.55. The van der Waals surface area contributed by atoms with Crippen molar-refractivity contribution in [2.24, 2.45) is 0 Å². The molecule has 2 aromatic rings. The van der Waals surface area contributed by atoms with Crippen molar-refractivity contribution < 1.29 is 4.79 Å². The predicted octanol–water partition coefficient (Wildman–Crippen LogP) is 3.85. The number of halogens is 2. The summed E-state index contributed by atoms with van der Waals surface area (Å²) >= 11 is 6.27. The van der Waals surface area contributed by atoms with Crippen LogP contribution in [0.3, 0.4) is 0 Å². The molecule has 0 radical (unpaired) electrons. The number of amides is 1. The number of likely N-dealkylation sites (N-methyl/N-ethyl adjacent to an activating group) is 1. The molecule has 2 heterocycles. The zero-order valence-electron chi connectivity index (χ0n) is 16.6. The lowest BCUT2D eigenvalue weighted by molar-refractivity contribution is -0.127. The van der Waals surface area contributed by atoms with Gasteiger partial charge < -0.3 is 10.2 Å². The molecular formula is C21H28Cl2N4O.